The second-order valence-electron chi connectivity index (χ2n) is 4.94. The van der Waals surface area contributed by atoms with Crippen molar-refractivity contribution >= 4 is 33.6 Å². The van der Waals surface area contributed by atoms with E-state index in [9.17, 15) is 4.79 Å². The Morgan fingerprint density at radius 3 is 2.14 bits per heavy atom. The van der Waals surface area contributed by atoms with Crippen LogP contribution in [-0.2, 0) is 9.53 Å². The molecule has 104 valence electrons. The van der Waals surface area contributed by atoms with Crippen molar-refractivity contribution < 1.29 is 9.53 Å². The number of ether oxygens (including phenoxy) is 1. The molecule has 21 heavy (non-hydrogen) atoms. The molecule has 0 saturated heterocycles. The molecular weight excluding hydrogens is 260 g/mol. The molecule has 0 heterocycles. The van der Waals surface area contributed by atoms with E-state index in [1.165, 1.54) is 28.5 Å². The topological polar surface area (TPSA) is 26.3 Å². The Morgan fingerprint density at radius 1 is 1.00 bits per heavy atom. The minimum Gasteiger partial charge on any atom is -0.462 e. The Hall–Kier alpha value is -2.61. The molecule has 0 amide bonds. The van der Waals surface area contributed by atoms with Crippen LogP contribution in [0.1, 0.15) is 12.5 Å². The molecule has 3 aromatic carbocycles. The summed E-state index contributed by atoms with van der Waals surface area (Å²) in [6.45, 7) is 1.72. The Labute approximate surface area is 123 Å². The van der Waals surface area contributed by atoms with Gasteiger partial charge in [-0.3, -0.25) is 4.79 Å². The lowest BCUT2D eigenvalue weighted by molar-refractivity contribution is -0.139. The summed E-state index contributed by atoms with van der Waals surface area (Å²) >= 11 is 0. The second-order valence-corrected chi connectivity index (χ2v) is 4.94. The van der Waals surface area contributed by atoms with Crippen LogP contribution in [0.3, 0.4) is 0 Å². The van der Waals surface area contributed by atoms with E-state index < -0.39 is 0 Å². The van der Waals surface area contributed by atoms with Crippen molar-refractivity contribution in [3.63, 3.8) is 0 Å². The fourth-order valence-electron chi connectivity index (χ4n) is 2.56. The number of rotatable bonds is 3. The van der Waals surface area contributed by atoms with Gasteiger partial charge in [-0.15, -0.1) is 0 Å². The van der Waals surface area contributed by atoms with Crippen LogP contribution >= 0.6 is 0 Å². The van der Waals surface area contributed by atoms with E-state index in [1.54, 1.807) is 0 Å². The molecule has 0 bridgehead atoms. The zero-order valence-electron chi connectivity index (χ0n) is 11.9. The standard InChI is InChI=1S/C19H16O2/c1-14(20)21-12-6-11-19-17-9-4-2-7-15(17)13-16-8-3-5-10-18(16)19/h2-11,13H,12H2,1H3/b11-6-. The highest BCUT2D eigenvalue weighted by molar-refractivity contribution is 6.06. The molecule has 0 atom stereocenters. The zero-order chi connectivity index (χ0) is 14.7. The third kappa shape index (κ3) is 2.79. The molecule has 0 unspecified atom stereocenters. The minimum atomic E-state index is -0.262. The first-order valence-electron chi connectivity index (χ1n) is 6.96. The summed E-state index contributed by atoms with van der Waals surface area (Å²) in [6, 6.07) is 18.8. The molecule has 0 aromatic heterocycles. The number of hydrogen-bond donors (Lipinski definition) is 0. The maximum atomic E-state index is 10.8. The van der Waals surface area contributed by atoms with Crippen LogP contribution in [0.2, 0.25) is 0 Å². The van der Waals surface area contributed by atoms with Crippen molar-refractivity contribution in [3.05, 3.63) is 66.2 Å². The van der Waals surface area contributed by atoms with E-state index in [4.69, 9.17) is 4.74 Å². The van der Waals surface area contributed by atoms with Crippen LogP contribution in [0.4, 0.5) is 0 Å². The third-order valence-electron chi connectivity index (χ3n) is 3.48. The summed E-state index contributed by atoms with van der Waals surface area (Å²) < 4.78 is 4.96. The number of fused-ring (bicyclic) bond motifs is 2. The van der Waals surface area contributed by atoms with Gasteiger partial charge in [0.05, 0.1) is 0 Å². The van der Waals surface area contributed by atoms with Gasteiger partial charge in [0, 0.05) is 6.92 Å². The largest absolute Gasteiger partial charge is 0.462 e. The molecule has 3 rings (SSSR count). The number of benzene rings is 3. The highest BCUT2D eigenvalue weighted by atomic mass is 16.5. The maximum absolute atomic E-state index is 10.8. The molecule has 3 aromatic rings. The van der Waals surface area contributed by atoms with Crippen LogP contribution in [0.25, 0.3) is 27.6 Å². The molecule has 2 nitrogen and oxygen atoms in total. The van der Waals surface area contributed by atoms with E-state index in [2.05, 4.69) is 30.3 Å². The van der Waals surface area contributed by atoms with Crippen LogP contribution in [0.5, 0.6) is 0 Å². The lowest BCUT2D eigenvalue weighted by atomic mass is 9.96. The first-order chi connectivity index (χ1) is 10.3. The summed E-state index contributed by atoms with van der Waals surface area (Å²) in [4.78, 5) is 10.8. The predicted octanol–water partition coefficient (Wildman–Crippen LogP) is 4.57. The quantitative estimate of drug-likeness (QED) is 0.517. The van der Waals surface area contributed by atoms with E-state index in [0.717, 1.165) is 5.56 Å². The molecule has 0 fully saturated rings. The van der Waals surface area contributed by atoms with E-state index in [-0.39, 0.29) is 5.97 Å². The van der Waals surface area contributed by atoms with Crippen LogP contribution in [0.15, 0.2) is 60.7 Å². The van der Waals surface area contributed by atoms with Gasteiger partial charge in [-0.1, -0.05) is 54.6 Å². The second kappa shape index (κ2) is 5.80. The fourth-order valence-corrected chi connectivity index (χ4v) is 2.56. The summed E-state index contributed by atoms with van der Waals surface area (Å²) in [6.07, 6.45) is 3.92. The summed E-state index contributed by atoms with van der Waals surface area (Å²) in [5.74, 6) is -0.262. The molecule has 0 spiro atoms. The van der Waals surface area contributed by atoms with E-state index in [0.29, 0.717) is 6.61 Å². The fraction of sp³-hybridized carbons (Fsp3) is 0.105. The van der Waals surface area contributed by atoms with Gasteiger partial charge < -0.3 is 4.74 Å². The van der Waals surface area contributed by atoms with Crippen LogP contribution in [-0.4, -0.2) is 12.6 Å². The first kappa shape index (κ1) is 13.4. The van der Waals surface area contributed by atoms with Gasteiger partial charge in [0.15, 0.2) is 0 Å². The summed E-state index contributed by atoms with van der Waals surface area (Å²) in [5.41, 5.74) is 1.16. The van der Waals surface area contributed by atoms with Crippen molar-refractivity contribution in [2.45, 2.75) is 6.92 Å². The van der Waals surface area contributed by atoms with Crippen LogP contribution in [0, 0.1) is 0 Å². The zero-order valence-corrected chi connectivity index (χ0v) is 11.9. The van der Waals surface area contributed by atoms with Crippen molar-refractivity contribution in [1.82, 2.24) is 0 Å². The van der Waals surface area contributed by atoms with E-state index in [1.807, 2.05) is 36.4 Å². The lowest BCUT2D eigenvalue weighted by Gasteiger charge is -2.08. The predicted molar refractivity (Wildman–Crippen MR) is 87.1 cm³/mol. The highest BCUT2D eigenvalue weighted by Gasteiger charge is 2.04. The molecule has 0 radical (unpaired) electrons. The molecule has 0 aliphatic rings. The van der Waals surface area contributed by atoms with Gasteiger partial charge in [-0.05, 0) is 39.3 Å². The molecular formula is C19H16O2. The molecule has 2 heteroatoms. The summed E-state index contributed by atoms with van der Waals surface area (Å²) in [5, 5.41) is 4.83. The normalized spacial score (nSPS) is 11.3. The molecule has 0 saturated carbocycles. The Kier molecular flexibility index (Phi) is 3.69. The lowest BCUT2D eigenvalue weighted by Crippen LogP contribution is -1.97. The molecule has 0 aliphatic heterocycles. The average Bonchev–Trinajstić information content (AvgIpc) is 2.50. The summed E-state index contributed by atoms with van der Waals surface area (Å²) in [7, 11) is 0. The SMILES string of the molecule is CC(=O)OC/C=C\c1c2ccccc2cc2ccccc12. The highest BCUT2D eigenvalue weighted by Crippen LogP contribution is 2.29. The molecule has 0 N–H and O–H groups in total. The van der Waals surface area contributed by atoms with Crippen molar-refractivity contribution in [3.8, 4) is 0 Å². The average molecular weight is 276 g/mol. The third-order valence-corrected chi connectivity index (χ3v) is 3.48. The monoisotopic (exact) mass is 276 g/mol. The Morgan fingerprint density at radius 2 is 1.57 bits per heavy atom. The van der Waals surface area contributed by atoms with Gasteiger partial charge in [0.25, 0.3) is 0 Å². The Bertz CT molecular complexity index is 777. The molecule has 0 aliphatic carbocycles. The smallest absolute Gasteiger partial charge is 0.302 e. The first-order valence-corrected chi connectivity index (χ1v) is 6.96. The van der Waals surface area contributed by atoms with Gasteiger partial charge in [-0.25, -0.2) is 0 Å². The number of esters is 1. The number of carbonyl (C=O) groups excluding carboxylic acids is 1. The van der Waals surface area contributed by atoms with Crippen molar-refractivity contribution in [2.75, 3.05) is 6.61 Å². The number of carbonyl (C=O) groups is 1. The van der Waals surface area contributed by atoms with Gasteiger partial charge in [0.2, 0.25) is 0 Å². The number of hydrogen-bond acceptors (Lipinski definition) is 2. The van der Waals surface area contributed by atoms with Crippen molar-refractivity contribution in [1.29, 1.82) is 0 Å². The van der Waals surface area contributed by atoms with Crippen LogP contribution < -0.4 is 0 Å². The minimum absolute atomic E-state index is 0.262. The van der Waals surface area contributed by atoms with E-state index >= 15 is 0 Å². The van der Waals surface area contributed by atoms with Gasteiger partial charge >= 0.3 is 5.97 Å². The van der Waals surface area contributed by atoms with Crippen molar-refractivity contribution in [2.24, 2.45) is 0 Å². The Balaban J connectivity index is 2.13. The maximum Gasteiger partial charge on any atom is 0.302 e. The van der Waals surface area contributed by atoms with Gasteiger partial charge in [-0.2, -0.15) is 0 Å². The van der Waals surface area contributed by atoms with Gasteiger partial charge in [0.1, 0.15) is 6.61 Å².